The van der Waals surface area contributed by atoms with E-state index >= 15 is 0 Å². The van der Waals surface area contributed by atoms with Crippen LogP contribution in [0.15, 0.2) is 12.3 Å². The predicted octanol–water partition coefficient (Wildman–Crippen LogP) is 2.58. The van der Waals surface area contributed by atoms with Crippen molar-refractivity contribution in [3.63, 3.8) is 0 Å². The van der Waals surface area contributed by atoms with Crippen molar-refractivity contribution in [2.24, 2.45) is 5.73 Å². The summed E-state index contributed by atoms with van der Waals surface area (Å²) in [4.78, 5) is 5.33. The third-order valence-corrected chi connectivity index (χ3v) is 2.67. The highest BCUT2D eigenvalue weighted by molar-refractivity contribution is 6.33. The van der Waals surface area contributed by atoms with E-state index in [0.717, 1.165) is 0 Å². The topological polar surface area (TPSA) is 42.2 Å². The van der Waals surface area contributed by atoms with Crippen molar-refractivity contribution in [3.05, 3.63) is 22.8 Å². The lowest BCUT2D eigenvalue weighted by Gasteiger charge is -2.21. The molecule has 1 heterocycles. The van der Waals surface area contributed by atoms with Crippen molar-refractivity contribution in [2.75, 3.05) is 18.5 Å². The summed E-state index contributed by atoms with van der Waals surface area (Å²) in [5.41, 5.74) is 6.11. The van der Waals surface area contributed by atoms with Crippen molar-refractivity contribution in [2.45, 2.75) is 19.1 Å². The van der Waals surface area contributed by atoms with Gasteiger partial charge in [0, 0.05) is 26.3 Å². The molecule has 2 N–H and O–H groups in total. The van der Waals surface area contributed by atoms with Gasteiger partial charge in [0.1, 0.15) is 5.82 Å². The minimum atomic E-state index is -4.19. The summed E-state index contributed by atoms with van der Waals surface area (Å²) in [5.74, 6) is 0.318. The Morgan fingerprint density at radius 3 is 2.65 bits per heavy atom. The maximum Gasteiger partial charge on any atom is 0.390 e. The Balaban J connectivity index is 2.79. The molecule has 0 atom stereocenters. The monoisotopic (exact) mass is 267 g/mol. The Hall–Kier alpha value is -1.01. The van der Waals surface area contributed by atoms with E-state index in [1.54, 1.807) is 6.07 Å². The Morgan fingerprint density at radius 1 is 1.47 bits per heavy atom. The molecule has 0 bridgehead atoms. The second kappa shape index (κ2) is 5.55. The molecule has 0 amide bonds. The number of nitrogens with two attached hydrogens (primary N) is 1. The molecule has 3 nitrogen and oxygen atoms in total. The van der Waals surface area contributed by atoms with Crippen LogP contribution in [0.1, 0.15) is 12.0 Å². The van der Waals surface area contributed by atoms with Crippen LogP contribution in [-0.2, 0) is 6.54 Å². The molecule has 7 heteroatoms. The fraction of sp³-hybridized carbons (Fsp3) is 0.500. The average molecular weight is 268 g/mol. The average Bonchev–Trinajstić information content (AvgIpc) is 2.25. The van der Waals surface area contributed by atoms with Gasteiger partial charge in [-0.15, -0.1) is 0 Å². The van der Waals surface area contributed by atoms with E-state index in [1.807, 2.05) is 0 Å². The highest BCUT2D eigenvalue weighted by atomic mass is 35.5. The van der Waals surface area contributed by atoms with Crippen molar-refractivity contribution < 1.29 is 13.2 Å². The molecular weight excluding hydrogens is 255 g/mol. The first kappa shape index (κ1) is 14.1. The molecule has 0 saturated carbocycles. The molecule has 96 valence electrons. The summed E-state index contributed by atoms with van der Waals surface area (Å²) in [5, 5.41) is 0.305. The zero-order chi connectivity index (χ0) is 13.1. The summed E-state index contributed by atoms with van der Waals surface area (Å²) in [6, 6.07) is 1.64. The number of hydrogen-bond acceptors (Lipinski definition) is 3. The van der Waals surface area contributed by atoms with E-state index in [4.69, 9.17) is 17.3 Å². The van der Waals surface area contributed by atoms with E-state index in [9.17, 15) is 13.2 Å². The number of nitrogens with zero attached hydrogens (tertiary/aromatic N) is 2. The Kier molecular flexibility index (Phi) is 4.59. The lowest BCUT2D eigenvalue weighted by atomic mass is 10.2. The van der Waals surface area contributed by atoms with Gasteiger partial charge in [-0.3, -0.25) is 0 Å². The largest absolute Gasteiger partial charge is 0.390 e. The lowest BCUT2D eigenvalue weighted by molar-refractivity contribution is -0.132. The quantitative estimate of drug-likeness (QED) is 0.912. The maximum atomic E-state index is 12.1. The van der Waals surface area contributed by atoms with E-state index in [-0.39, 0.29) is 13.1 Å². The molecular formula is C10H13ClF3N3. The van der Waals surface area contributed by atoms with Gasteiger partial charge >= 0.3 is 6.18 Å². The zero-order valence-electron chi connectivity index (χ0n) is 9.26. The van der Waals surface area contributed by atoms with E-state index in [0.29, 0.717) is 16.4 Å². The van der Waals surface area contributed by atoms with E-state index in [2.05, 4.69) is 4.98 Å². The van der Waals surface area contributed by atoms with Crippen LogP contribution in [0, 0.1) is 0 Å². The van der Waals surface area contributed by atoms with Crippen LogP contribution in [0.25, 0.3) is 0 Å². The van der Waals surface area contributed by atoms with Gasteiger partial charge in [-0.05, 0) is 11.6 Å². The van der Waals surface area contributed by atoms with Gasteiger partial charge in [-0.2, -0.15) is 13.2 Å². The molecule has 0 spiro atoms. The molecule has 0 aliphatic carbocycles. The van der Waals surface area contributed by atoms with Gasteiger partial charge in [0.05, 0.1) is 11.4 Å². The number of alkyl halides is 3. The summed E-state index contributed by atoms with van der Waals surface area (Å²) >= 11 is 5.99. The normalized spacial score (nSPS) is 11.6. The summed E-state index contributed by atoms with van der Waals surface area (Å²) in [6.45, 7) is 0.0334. The molecule has 1 rings (SSSR count). The Morgan fingerprint density at radius 2 is 2.12 bits per heavy atom. The molecule has 0 aromatic carbocycles. The fourth-order valence-corrected chi connectivity index (χ4v) is 1.63. The van der Waals surface area contributed by atoms with E-state index < -0.39 is 12.6 Å². The summed E-state index contributed by atoms with van der Waals surface area (Å²) in [7, 11) is 1.51. The summed E-state index contributed by atoms with van der Waals surface area (Å²) in [6.07, 6.45) is -3.62. The van der Waals surface area contributed by atoms with Crippen LogP contribution in [-0.4, -0.2) is 24.8 Å². The standard InChI is InChI=1S/C10H13ClF3N3/c1-17(5-3-10(12,13)14)9-8(11)7(6-15)2-4-16-9/h2,4H,3,5-6,15H2,1H3. The van der Waals surface area contributed by atoms with Gasteiger partial charge < -0.3 is 10.6 Å². The Labute approximate surface area is 102 Å². The molecule has 0 aliphatic rings. The number of anilines is 1. The molecule has 0 aliphatic heterocycles. The minimum Gasteiger partial charge on any atom is -0.358 e. The van der Waals surface area contributed by atoms with Gasteiger partial charge in [-0.25, -0.2) is 4.98 Å². The second-order valence-corrected chi connectivity index (χ2v) is 3.98. The molecule has 0 saturated heterocycles. The van der Waals surface area contributed by atoms with Crippen molar-refractivity contribution in [1.29, 1.82) is 0 Å². The highest BCUT2D eigenvalue weighted by Gasteiger charge is 2.27. The first-order valence-electron chi connectivity index (χ1n) is 4.96. The zero-order valence-corrected chi connectivity index (χ0v) is 10.0. The number of hydrogen-bond donors (Lipinski definition) is 1. The van der Waals surface area contributed by atoms with Crippen LogP contribution in [0.2, 0.25) is 5.02 Å². The van der Waals surface area contributed by atoms with Gasteiger partial charge in [0.2, 0.25) is 0 Å². The second-order valence-electron chi connectivity index (χ2n) is 3.60. The third-order valence-electron chi connectivity index (χ3n) is 2.26. The van der Waals surface area contributed by atoms with Gasteiger partial charge in [0.15, 0.2) is 0 Å². The highest BCUT2D eigenvalue weighted by Crippen LogP contribution is 2.27. The van der Waals surface area contributed by atoms with Crippen LogP contribution in [0.4, 0.5) is 19.0 Å². The summed E-state index contributed by atoms with van der Waals surface area (Å²) < 4.78 is 36.2. The molecule has 17 heavy (non-hydrogen) atoms. The molecule has 0 unspecified atom stereocenters. The fourth-order valence-electron chi connectivity index (χ4n) is 1.30. The van der Waals surface area contributed by atoms with Crippen molar-refractivity contribution in [1.82, 2.24) is 4.98 Å². The first-order valence-corrected chi connectivity index (χ1v) is 5.34. The molecule has 0 radical (unpaired) electrons. The minimum absolute atomic E-state index is 0.190. The van der Waals surface area contributed by atoms with Crippen LogP contribution >= 0.6 is 11.6 Å². The number of rotatable bonds is 4. The third kappa shape index (κ3) is 4.05. The number of aromatic nitrogens is 1. The molecule has 1 aromatic rings. The van der Waals surface area contributed by atoms with E-state index in [1.165, 1.54) is 18.1 Å². The lowest BCUT2D eigenvalue weighted by Crippen LogP contribution is -2.25. The van der Waals surface area contributed by atoms with Crippen LogP contribution in [0.5, 0.6) is 0 Å². The first-order chi connectivity index (χ1) is 7.85. The number of halogens is 4. The SMILES string of the molecule is CN(CCC(F)(F)F)c1nccc(CN)c1Cl. The Bertz CT molecular complexity index is 382. The number of pyridine rings is 1. The maximum absolute atomic E-state index is 12.1. The van der Waals surface area contributed by atoms with Crippen molar-refractivity contribution in [3.8, 4) is 0 Å². The predicted molar refractivity (Wildman–Crippen MR) is 61.1 cm³/mol. The van der Waals surface area contributed by atoms with Crippen LogP contribution < -0.4 is 10.6 Å². The molecule has 0 fully saturated rings. The van der Waals surface area contributed by atoms with Crippen molar-refractivity contribution >= 4 is 17.4 Å². The smallest absolute Gasteiger partial charge is 0.358 e. The van der Waals surface area contributed by atoms with Gasteiger partial charge in [-0.1, -0.05) is 11.6 Å². The molecule has 1 aromatic heterocycles. The van der Waals surface area contributed by atoms with Crippen LogP contribution in [0.3, 0.4) is 0 Å². The van der Waals surface area contributed by atoms with Gasteiger partial charge in [0.25, 0.3) is 0 Å².